The lowest BCUT2D eigenvalue weighted by Gasteiger charge is -2.32. The van der Waals surface area contributed by atoms with E-state index in [9.17, 15) is 9.59 Å². The number of methoxy groups -OCH3 is 1. The van der Waals surface area contributed by atoms with E-state index in [2.05, 4.69) is 34.5 Å². The molecule has 6 heteroatoms. The van der Waals surface area contributed by atoms with Crippen molar-refractivity contribution in [2.45, 2.75) is 39.2 Å². The van der Waals surface area contributed by atoms with Crippen LogP contribution in [0.25, 0.3) is 0 Å². The first kappa shape index (κ1) is 23.8. The first-order valence-electron chi connectivity index (χ1n) is 11.5. The molecular weight excluding hydrogens is 404 g/mol. The normalized spacial score (nSPS) is 14.7. The Kier molecular flexibility index (Phi) is 9.11. The molecule has 1 amide bonds. The zero-order valence-corrected chi connectivity index (χ0v) is 19.1. The Morgan fingerprint density at radius 1 is 1.06 bits per heavy atom. The molecule has 2 aromatic rings. The van der Waals surface area contributed by atoms with Crippen LogP contribution in [0.15, 0.2) is 48.5 Å². The number of aryl methyl sites for hydroxylation is 1. The number of ether oxygens (including phenoxy) is 2. The Hall–Kier alpha value is -2.86. The molecule has 6 nitrogen and oxygen atoms in total. The van der Waals surface area contributed by atoms with Crippen molar-refractivity contribution in [1.82, 2.24) is 10.2 Å². The van der Waals surface area contributed by atoms with Gasteiger partial charge in [0.05, 0.1) is 19.3 Å². The Bertz CT molecular complexity index is 877. The number of carbonyl (C=O) groups is 2. The number of hydrogen-bond donors (Lipinski definition) is 1. The van der Waals surface area contributed by atoms with Gasteiger partial charge in [0.15, 0.2) is 0 Å². The summed E-state index contributed by atoms with van der Waals surface area (Å²) in [4.78, 5) is 26.8. The highest BCUT2D eigenvalue weighted by Crippen LogP contribution is 2.22. The molecule has 0 aliphatic carbocycles. The van der Waals surface area contributed by atoms with Crippen LogP contribution in [0.3, 0.4) is 0 Å². The smallest absolute Gasteiger partial charge is 0.306 e. The number of amides is 1. The van der Waals surface area contributed by atoms with E-state index < -0.39 is 0 Å². The van der Waals surface area contributed by atoms with E-state index in [0.717, 1.165) is 38.0 Å². The van der Waals surface area contributed by atoms with Crippen LogP contribution in [0.4, 0.5) is 0 Å². The Morgan fingerprint density at radius 3 is 2.50 bits per heavy atom. The average molecular weight is 439 g/mol. The summed E-state index contributed by atoms with van der Waals surface area (Å²) in [5.74, 6) is 0.677. The highest BCUT2D eigenvalue weighted by atomic mass is 16.5. The lowest BCUT2D eigenvalue weighted by Crippen LogP contribution is -2.38. The van der Waals surface area contributed by atoms with Gasteiger partial charge < -0.3 is 14.8 Å². The van der Waals surface area contributed by atoms with Crippen LogP contribution in [-0.4, -0.2) is 50.1 Å². The third-order valence-corrected chi connectivity index (χ3v) is 5.94. The van der Waals surface area contributed by atoms with Gasteiger partial charge in [0.2, 0.25) is 0 Å². The van der Waals surface area contributed by atoms with Crippen molar-refractivity contribution in [2.24, 2.45) is 5.92 Å². The summed E-state index contributed by atoms with van der Waals surface area (Å²) in [6.07, 6.45) is 3.03. The van der Waals surface area contributed by atoms with E-state index >= 15 is 0 Å². The van der Waals surface area contributed by atoms with Crippen molar-refractivity contribution in [2.75, 3.05) is 33.4 Å². The molecule has 1 aliphatic heterocycles. The van der Waals surface area contributed by atoms with Crippen LogP contribution in [0.5, 0.6) is 5.75 Å². The molecule has 0 radical (unpaired) electrons. The third-order valence-electron chi connectivity index (χ3n) is 5.94. The second-order valence-electron chi connectivity index (χ2n) is 8.25. The van der Waals surface area contributed by atoms with Crippen molar-refractivity contribution >= 4 is 11.9 Å². The van der Waals surface area contributed by atoms with Gasteiger partial charge in [-0.15, -0.1) is 0 Å². The molecule has 1 N–H and O–H groups in total. The zero-order chi connectivity index (χ0) is 22.8. The third kappa shape index (κ3) is 7.09. The molecule has 1 saturated heterocycles. The van der Waals surface area contributed by atoms with E-state index in [4.69, 9.17) is 9.47 Å². The van der Waals surface area contributed by atoms with Crippen molar-refractivity contribution < 1.29 is 19.1 Å². The van der Waals surface area contributed by atoms with Gasteiger partial charge in [-0.25, -0.2) is 0 Å². The lowest BCUT2D eigenvalue weighted by molar-refractivity contribution is -0.143. The summed E-state index contributed by atoms with van der Waals surface area (Å²) in [5.41, 5.74) is 2.81. The summed E-state index contributed by atoms with van der Waals surface area (Å²) in [7, 11) is 1.56. The van der Waals surface area contributed by atoms with Crippen molar-refractivity contribution in [3.8, 4) is 5.75 Å². The first-order valence-corrected chi connectivity index (χ1v) is 11.5. The summed E-state index contributed by atoms with van der Waals surface area (Å²) in [6, 6.07) is 16.0. The molecule has 0 unspecified atom stereocenters. The van der Waals surface area contributed by atoms with Crippen LogP contribution >= 0.6 is 0 Å². The Labute approximate surface area is 190 Å². The summed E-state index contributed by atoms with van der Waals surface area (Å²) >= 11 is 0. The molecule has 1 aliphatic rings. The summed E-state index contributed by atoms with van der Waals surface area (Å²) in [5, 5.41) is 3.08. The molecule has 172 valence electrons. The molecule has 0 spiro atoms. The second-order valence-corrected chi connectivity index (χ2v) is 8.25. The Balaban J connectivity index is 1.45. The quantitative estimate of drug-likeness (QED) is 0.571. The SMILES string of the molecule is CCOC(=O)CCc1ccc(C(=O)NCC2CCN(Cc3ccccc3)CC2)c(OC)c1. The van der Waals surface area contributed by atoms with Gasteiger partial charge in [0, 0.05) is 19.5 Å². The van der Waals surface area contributed by atoms with Gasteiger partial charge in [-0.1, -0.05) is 36.4 Å². The molecule has 0 bridgehead atoms. The fraction of sp³-hybridized carbons (Fsp3) is 0.462. The van der Waals surface area contributed by atoms with E-state index in [-0.39, 0.29) is 11.9 Å². The topological polar surface area (TPSA) is 67.9 Å². The molecule has 2 aromatic carbocycles. The first-order chi connectivity index (χ1) is 15.6. The summed E-state index contributed by atoms with van der Waals surface area (Å²) < 4.78 is 10.4. The minimum absolute atomic E-state index is 0.120. The van der Waals surface area contributed by atoms with Crippen LogP contribution in [-0.2, 0) is 22.5 Å². The molecule has 32 heavy (non-hydrogen) atoms. The standard InChI is InChI=1S/C26H34N2O4/c1-3-32-25(29)12-10-20-9-11-23(24(17-20)31-2)26(30)27-18-21-13-15-28(16-14-21)19-22-7-5-4-6-8-22/h4-9,11,17,21H,3,10,12-16,18-19H2,1-2H3,(H,27,30). The van der Waals surface area contributed by atoms with E-state index in [1.54, 1.807) is 20.1 Å². The molecule has 0 atom stereocenters. The molecule has 0 saturated carbocycles. The van der Waals surface area contributed by atoms with Gasteiger partial charge in [-0.05, 0) is 68.5 Å². The minimum atomic E-state index is -0.219. The molecule has 1 fully saturated rings. The van der Waals surface area contributed by atoms with Gasteiger partial charge in [0.1, 0.15) is 5.75 Å². The Morgan fingerprint density at radius 2 is 1.81 bits per heavy atom. The van der Waals surface area contributed by atoms with Gasteiger partial charge in [-0.3, -0.25) is 14.5 Å². The zero-order valence-electron chi connectivity index (χ0n) is 19.1. The number of hydrogen-bond acceptors (Lipinski definition) is 5. The van der Waals surface area contributed by atoms with Crippen LogP contribution < -0.4 is 10.1 Å². The van der Waals surface area contributed by atoms with Crippen molar-refractivity contribution in [3.05, 3.63) is 65.2 Å². The van der Waals surface area contributed by atoms with Crippen molar-refractivity contribution in [3.63, 3.8) is 0 Å². The van der Waals surface area contributed by atoms with Crippen LogP contribution in [0, 0.1) is 5.92 Å². The number of carbonyl (C=O) groups excluding carboxylic acids is 2. The maximum absolute atomic E-state index is 12.8. The number of benzene rings is 2. The van der Waals surface area contributed by atoms with Gasteiger partial charge >= 0.3 is 5.97 Å². The largest absolute Gasteiger partial charge is 0.496 e. The van der Waals surface area contributed by atoms with E-state index in [1.807, 2.05) is 18.2 Å². The number of likely N-dealkylation sites (tertiary alicyclic amines) is 1. The maximum atomic E-state index is 12.8. The molecule has 1 heterocycles. The summed E-state index contributed by atoms with van der Waals surface area (Å²) in [6.45, 7) is 5.93. The van der Waals surface area contributed by atoms with E-state index in [1.165, 1.54) is 5.56 Å². The maximum Gasteiger partial charge on any atom is 0.306 e. The second kappa shape index (κ2) is 12.2. The number of esters is 1. The van der Waals surface area contributed by atoms with E-state index in [0.29, 0.717) is 43.2 Å². The van der Waals surface area contributed by atoms with Gasteiger partial charge in [0.25, 0.3) is 5.91 Å². The number of nitrogens with zero attached hydrogens (tertiary/aromatic N) is 1. The average Bonchev–Trinajstić information content (AvgIpc) is 2.83. The minimum Gasteiger partial charge on any atom is -0.496 e. The predicted octanol–water partition coefficient (Wildman–Crippen LogP) is 3.83. The fourth-order valence-corrected chi connectivity index (χ4v) is 4.08. The fourth-order valence-electron chi connectivity index (χ4n) is 4.08. The van der Waals surface area contributed by atoms with Crippen LogP contribution in [0.1, 0.15) is 47.7 Å². The molecule has 3 rings (SSSR count). The van der Waals surface area contributed by atoms with Crippen LogP contribution in [0.2, 0.25) is 0 Å². The van der Waals surface area contributed by atoms with Crippen molar-refractivity contribution in [1.29, 1.82) is 0 Å². The highest BCUT2D eigenvalue weighted by Gasteiger charge is 2.21. The molecule has 0 aromatic heterocycles. The predicted molar refractivity (Wildman–Crippen MR) is 125 cm³/mol. The number of nitrogens with one attached hydrogen (secondary N) is 1. The monoisotopic (exact) mass is 438 g/mol. The molecular formula is C26H34N2O4. The van der Waals surface area contributed by atoms with Gasteiger partial charge in [-0.2, -0.15) is 0 Å². The highest BCUT2D eigenvalue weighted by molar-refractivity contribution is 5.97. The number of rotatable bonds is 10. The number of piperidine rings is 1. The lowest BCUT2D eigenvalue weighted by atomic mass is 9.96.